The summed E-state index contributed by atoms with van der Waals surface area (Å²) in [6, 6.07) is 0. The van der Waals surface area contributed by atoms with Crippen molar-refractivity contribution in [3.63, 3.8) is 0 Å². The van der Waals surface area contributed by atoms with E-state index in [0.29, 0.717) is 11.7 Å². The summed E-state index contributed by atoms with van der Waals surface area (Å²) in [5, 5.41) is 0.496. The normalized spacial score (nSPS) is 21.9. The van der Waals surface area contributed by atoms with Crippen LogP contribution in [0.25, 0.3) is 0 Å². The van der Waals surface area contributed by atoms with Crippen LogP contribution < -0.4 is 0 Å². The van der Waals surface area contributed by atoms with Crippen molar-refractivity contribution in [1.82, 2.24) is 0 Å². The van der Waals surface area contributed by atoms with Crippen LogP contribution in [-0.4, -0.2) is 24.4 Å². The largest absolute Gasteiger partial charge is 0.480 e. The number of hydrogen-bond acceptors (Lipinski definition) is 3. The molecular formula is C7H10O2S. The molecule has 1 aliphatic heterocycles. The van der Waals surface area contributed by atoms with E-state index in [-0.39, 0.29) is 6.10 Å². The first-order valence-corrected chi connectivity index (χ1v) is 3.55. The molecule has 0 amide bonds. The van der Waals surface area contributed by atoms with E-state index >= 15 is 0 Å². The molecule has 1 fully saturated rings. The monoisotopic (exact) mass is 158 g/mol. The van der Waals surface area contributed by atoms with Crippen molar-refractivity contribution in [1.29, 1.82) is 0 Å². The van der Waals surface area contributed by atoms with Gasteiger partial charge in [-0.05, 0) is 24.7 Å². The van der Waals surface area contributed by atoms with Crippen LogP contribution in [0.1, 0.15) is 6.92 Å². The lowest BCUT2D eigenvalue weighted by molar-refractivity contribution is 0.258. The highest BCUT2D eigenvalue weighted by molar-refractivity contribution is 7.80. The molecule has 2 nitrogen and oxygen atoms in total. The maximum Gasteiger partial charge on any atom is 0.186 e. The molecule has 0 aromatic heterocycles. The summed E-state index contributed by atoms with van der Waals surface area (Å²) < 4.78 is 10.1. The van der Waals surface area contributed by atoms with E-state index < -0.39 is 0 Å². The van der Waals surface area contributed by atoms with Crippen LogP contribution >= 0.6 is 12.2 Å². The zero-order valence-electron chi connectivity index (χ0n) is 5.92. The molecular weight excluding hydrogens is 148 g/mol. The smallest absolute Gasteiger partial charge is 0.186 e. The fourth-order valence-electron chi connectivity index (χ4n) is 0.456. The molecule has 0 spiro atoms. The van der Waals surface area contributed by atoms with Crippen LogP contribution in [0.15, 0.2) is 12.2 Å². The molecule has 3 heteroatoms. The molecule has 10 heavy (non-hydrogen) atoms. The summed E-state index contributed by atoms with van der Waals surface area (Å²) >= 11 is 4.85. The van der Waals surface area contributed by atoms with Crippen molar-refractivity contribution in [2.45, 2.75) is 13.0 Å². The third kappa shape index (κ3) is 2.45. The second kappa shape index (κ2) is 3.12. The minimum absolute atomic E-state index is 0.275. The maximum atomic E-state index is 5.13. The first kappa shape index (κ1) is 7.69. The fraction of sp³-hybridized carbons (Fsp3) is 0.571. The molecule has 0 aliphatic carbocycles. The predicted molar refractivity (Wildman–Crippen MR) is 43.1 cm³/mol. The molecule has 0 aromatic rings. The van der Waals surface area contributed by atoms with Gasteiger partial charge in [-0.15, -0.1) is 0 Å². The second-order valence-electron chi connectivity index (χ2n) is 2.33. The lowest BCUT2D eigenvalue weighted by Gasteiger charge is -2.03. The molecule has 1 saturated heterocycles. The van der Waals surface area contributed by atoms with Gasteiger partial charge in [0.2, 0.25) is 0 Å². The highest BCUT2D eigenvalue weighted by atomic mass is 32.1. The van der Waals surface area contributed by atoms with Gasteiger partial charge < -0.3 is 9.47 Å². The highest BCUT2D eigenvalue weighted by Crippen LogP contribution is 2.09. The van der Waals surface area contributed by atoms with Crippen molar-refractivity contribution < 1.29 is 9.47 Å². The van der Waals surface area contributed by atoms with Gasteiger partial charge in [-0.25, -0.2) is 0 Å². The van der Waals surface area contributed by atoms with Gasteiger partial charge in [0.25, 0.3) is 0 Å². The predicted octanol–water partition coefficient (Wildman–Crippen LogP) is 1.31. The number of thiocarbonyl (C=S) groups is 1. The van der Waals surface area contributed by atoms with Gasteiger partial charge in [-0.3, -0.25) is 0 Å². The molecule has 0 saturated carbocycles. The molecule has 1 rings (SSSR count). The van der Waals surface area contributed by atoms with Crippen molar-refractivity contribution in [3.8, 4) is 0 Å². The van der Waals surface area contributed by atoms with Gasteiger partial charge in [-0.1, -0.05) is 6.58 Å². The Kier molecular flexibility index (Phi) is 2.40. The topological polar surface area (TPSA) is 21.8 Å². The minimum Gasteiger partial charge on any atom is -0.480 e. The van der Waals surface area contributed by atoms with Crippen molar-refractivity contribution >= 4 is 17.3 Å². The van der Waals surface area contributed by atoms with Gasteiger partial charge in [0.15, 0.2) is 5.05 Å². The third-order valence-electron chi connectivity index (χ3n) is 1.15. The lowest BCUT2D eigenvalue weighted by Crippen LogP contribution is -2.07. The molecule has 1 heterocycles. The van der Waals surface area contributed by atoms with E-state index in [1.54, 1.807) is 0 Å². The average Bonchev–Trinajstić information content (AvgIpc) is 2.64. The Morgan fingerprint density at radius 2 is 2.50 bits per heavy atom. The molecule has 0 aromatic carbocycles. The van der Waals surface area contributed by atoms with E-state index in [4.69, 9.17) is 21.7 Å². The third-order valence-corrected chi connectivity index (χ3v) is 1.62. The van der Waals surface area contributed by atoms with Crippen molar-refractivity contribution in [2.24, 2.45) is 0 Å². The molecule has 56 valence electrons. The SMILES string of the molecule is C=C(C)C(=S)OCC1CO1. The van der Waals surface area contributed by atoms with Gasteiger partial charge in [0, 0.05) is 0 Å². The van der Waals surface area contributed by atoms with E-state index in [1.165, 1.54) is 0 Å². The van der Waals surface area contributed by atoms with E-state index in [2.05, 4.69) is 6.58 Å². The first-order valence-electron chi connectivity index (χ1n) is 3.14. The Hall–Kier alpha value is -0.410. The summed E-state index contributed by atoms with van der Waals surface area (Å²) in [5.41, 5.74) is 0.802. The molecule has 1 aliphatic rings. The van der Waals surface area contributed by atoms with Crippen LogP contribution in [0.5, 0.6) is 0 Å². The number of hydrogen-bond donors (Lipinski definition) is 0. The molecule has 1 atom stereocenters. The molecule has 1 unspecified atom stereocenters. The quantitative estimate of drug-likeness (QED) is 0.351. The summed E-state index contributed by atoms with van der Waals surface area (Å²) in [4.78, 5) is 0. The summed E-state index contributed by atoms with van der Waals surface area (Å²) in [6.07, 6.45) is 0.275. The van der Waals surface area contributed by atoms with Gasteiger partial charge in [0.05, 0.1) is 6.61 Å². The summed E-state index contributed by atoms with van der Waals surface area (Å²) in [5.74, 6) is 0. The average molecular weight is 158 g/mol. The number of rotatable bonds is 3. The number of epoxide rings is 1. The Morgan fingerprint density at radius 3 is 2.90 bits per heavy atom. The minimum atomic E-state index is 0.275. The van der Waals surface area contributed by atoms with Gasteiger partial charge in [-0.2, -0.15) is 0 Å². The van der Waals surface area contributed by atoms with Crippen molar-refractivity contribution in [3.05, 3.63) is 12.2 Å². The maximum absolute atomic E-state index is 5.13. The number of ether oxygens (including phenoxy) is 2. The highest BCUT2D eigenvalue weighted by Gasteiger charge is 2.23. The van der Waals surface area contributed by atoms with E-state index in [9.17, 15) is 0 Å². The van der Waals surface area contributed by atoms with Crippen LogP contribution in [0.2, 0.25) is 0 Å². The summed E-state index contributed by atoms with van der Waals surface area (Å²) in [6.45, 7) is 6.86. The molecule has 0 N–H and O–H groups in total. The lowest BCUT2D eigenvalue weighted by atomic mass is 10.4. The van der Waals surface area contributed by atoms with Crippen molar-refractivity contribution in [2.75, 3.05) is 13.2 Å². The molecule has 0 bridgehead atoms. The Labute approximate surface area is 65.8 Å². The van der Waals surface area contributed by atoms with Crippen LogP contribution in [0.3, 0.4) is 0 Å². The Balaban J connectivity index is 2.11. The van der Waals surface area contributed by atoms with Crippen LogP contribution in [-0.2, 0) is 9.47 Å². The van der Waals surface area contributed by atoms with E-state index in [1.807, 2.05) is 6.92 Å². The zero-order valence-corrected chi connectivity index (χ0v) is 6.74. The van der Waals surface area contributed by atoms with Gasteiger partial charge >= 0.3 is 0 Å². The summed E-state index contributed by atoms with van der Waals surface area (Å²) in [7, 11) is 0. The standard InChI is InChI=1S/C7H10O2S/c1-5(2)7(10)9-4-6-3-8-6/h6H,1,3-4H2,2H3. The van der Waals surface area contributed by atoms with Crippen LogP contribution in [0, 0.1) is 0 Å². The van der Waals surface area contributed by atoms with E-state index in [0.717, 1.165) is 12.2 Å². The molecule has 0 radical (unpaired) electrons. The fourth-order valence-corrected chi connectivity index (χ4v) is 0.524. The zero-order chi connectivity index (χ0) is 7.56. The Bertz CT molecular complexity index is 161. The first-order chi connectivity index (χ1) is 4.70. The Morgan fingerprint density at radius 1 is 1.90 bits per heavy atom. The van der Waals surface area contributed by atoms with Crippen LogP contribution in [0.4, 0.5) is 0 Å². The van der Waals surface area contributed by atoms with Gasteiger partial charge in [0.1, 0.15) is 12.7 Å². The second-order valence-corrected chi connectivity index (χ2v) is 2.70.